The van der Waals surface area contributed by atoms with Gasteiger partial charge < -0.3 is 10.2 Å². The molecule has 0 spiro atoms. The highest BCUT2D eigenvalue weighted by atomic mass is 15.2. The van der Waals surface area contributed by atoms with E-state index in [4.69, 9.17) is 0 Å². The van der Waals surface area contributed by atoms with Crippen LogP contribution in [0.3, 0.4) is 0 Å². The minimum absolute atomic E-state index is 0.712. The molecule has 0 bridgehead atoms. The van der Waals surface area contributed by atoms with Gasteiger partial charge in [-0.05, 0) is 64.2 Å². The molecule has 3 saturated heterocycles. The fraction of sp³-hybridized carbons (Fsp3) is 1.00. The molecule has 0 amide bonds. The van der Waals surface area contributed by atoms with E-state index >= 15 is 0 Å². The van der Waals surface area contributed by atoms with Crippen molar-refractivity contribution in [3.8, 4) is 0 Å². The maximum absolute atomic E-state index is 3.80. The normalized spacial score (nSPS) is 38.4. The lowest BCUT2D eigenvalue weighted by Gasteiger charge is -2.41. The van der Waals surface area contributed by atoms with Crippen LogP contribution in [0.1, 0.15) is 52.4 Å². The maximum Gasteiger partial charge on any atom is 0.0220 e. The zero-order valence-electron chi connectivity index (χ0n) is 13.5. The van der Waals surface area contributed by atoms with Gasteiger partial charge in [-0.3, -0.25) is 4.90 Å². The average molecular weight is 279 g/mol. The van der Waals surface area contributed by atoms with Crippen LogP contribution >= 0.6 is 0 Å². The molecule has 0 saturated carbocycles. The summed E-state index contributed by atoms with van der Waals surface area (Å²) in [4.78, 5) is 5.59. The van der Waals surface area contributed by atoms with E-state index in [0.717, 1.165) is 18.0 Å². The molecule has 3 rings (SSSR count). The van der Waals surface area contributed by atoms with Gasteiger partial charge in [0.2, 0.25) is 0 Å². The quantitative estimate of drug-likeness (QED) is 0.855. The van der Waals surface area contributed by atoms with Crippen molar-refractivity contribution >= 4 is 0 Å². The molecule has 0 aromatic heterocycles. The second-order valence-corrected chi connectivity index (χ2v) is 7.30. The third-order valence-corrected chi connectivity index (χ3v) is 6.10. The highest BCUT2D eigenvalue weighted by Crippen LogP contribution is 2.30. The van der Waals surface area contributed by atoms with Gasteiger partial charge in [-0.1, -0.05) is 20.3 Å². The largest absolute Gasteiger partial charge is 0.312 e. The molecule has 20 heavy (non-hydrogen) atoms. The van der Waals surface area contributed by atoms with Crippen LogP contribution in [0.5, 0.6) is 0 Å². The molecule has 0 aromatic rings. The van der Waals surface area contributed by atoms with Crippen LogP contribution in [-0.2, 0) is 0 Å². The first-order valence-electron chi connectivity index (χ1n) is 8.99. The molecule has 1 N–H and O–H groups in total. The van der Waals surface area contributed by atoms with Crippen LogP contribution < -0.4 is 5.32 Å². The number of nitrogens with one attached hydrogen (secondary N) is 1. The van der Waals surface area contributed by atoms with Crippen molar-refractivity contribution in [3.63, 3.8) is 0 Å². The Labute approximate surface area is 125 Å². The van der Waals surface area contributed by atoms with E-state index in [1.54, 1.807) is 0 Å². The molecule has 3 fully saturated rings. The number of hydrogen-bond donors (Lipinski definition) is 1. The van der Waals surface area contributed by atoms with Crippen LogP contribution in [0.2, 0.25) is 0 Å². The molecule has 3 heterocycles. The Bertz CT molecular complexity index is 307. The van der Waals surface area contributed by atoms with Gasteiger partial charge in [0.25, 0.3) is 0 Å². The molecule has 4 unspecified atom stereocenters. The van der Waals surface area contributed by atoms with Crippen molar-refractivity contribution in [1.29, 1.82) is 0 Å². The third kappa shape index (κ3) is 3.20. The van der Waals surface area contributed by atoms with Crippen molar-refractivity contribution < 1.29 is 0 Å². The summed E-state index contributed by atoms with van der Waals surface area (Å²) in [5, 5.41) is 3.80. The fourth-order valence-corrected chi connectivity index (χ4v) is 4.51. The highest BCUT2D eigenvalue weighted by Gasteiger charge is 2.35. The molecule has 3 heteroatoms. The van der Waals surface area contributed by atoms with Crippen LogP contribution in [0.25, 0.3) is 0 Å². The number of piperidine rings is 1. The minimum Gasteiger partial charge on any atom is -0.312 e. The smallest absolute Gasteiger partial charge is 0.0220 e. The van der Waals surface area contributed by atoms with Gasteiger partial charge in [0.15, 0.2) is 0 Å². The SMILES string of the molecule is CCC(C)C1CN(C2CCN3CCCC3C2)CCCN1. The molecule has 0 aliphatic carbocycles. The zero-order chi connectivity index (χ0) is 13.9. The molecule has 0 radical (unpaired) electrons. The van der Waals surface area contributed by atoms with Gasteiger partial charge in [-0.15, -0.1) is 0 Å². The lowest BCUT2D eigenvalue weighted by atomic mass is 9.94. The highest BCUT2D eigenvalue weighted by molar-refractivity contribution is 4.92. The number of fused-ring (bicyclic) bond motifs is 1. The summed E-state index contributed by atoms with van der Waals surface area (Å²) in [6.45, 7) is 11.3. The Hall–Kier alpha value is -0.120. The summed E-state index contributed by atoms with van der Waals surface area (Å²) < 4.78 is 0. The monoisotopic (exact) mass is 279 g/mol. The van der Waals surface area contributed by atoms with E-state index in [2.05, 4.69) is 29.0 Å². The number of nitrogens with zero attached hydrogens (tertiary/aromatic N) is 2. The molecular formula is C17H33N3. The molecular weight excluding hydrogens is 246 g/mol. The van der Waals surface area contributed by atoms with Crippen molar-refractivity contribution in [2.24, 2.45) is 5.92 Å². The van der Waals surface area contributed by atoms with Crippen molar-refractivity contribution in [3.05, 3.63) is 0 Å². The molecule has 3 nitrogen and oxygen atoms in total. The number of rotatable bonds is 3. The van der Waals surface area contributed by atoms with Gasteiger partial charge in [0.05, 0.1) is 0 Å². The summed E-state index contributed by atoms with van der Waals surface area (Å²) in [6.07, 6.45) is 8.37. The topological polar surface area (TPSA) is 18.5 Å². The van der Waals surface area contributed by atoms with Gasteiger partial charge >= 0.3 is 0 Å². The predicted octanol–water partition coefficient (Wildman–Crippen LogP) is 2.32. The Morgan fingerprint density at radius 2 is 1.85 bits per heavy atom. The maximum atomic E-state index is 3.80. The van der Waals surface area contributed by atoms with Gasteiger partial charge in [-0.25, -0.2) is 0 Å². The summed E-state index contributed by atoms with van der Waals surface area (Å²) in [5.41, 5.74) is 0. The second kappa shape index (κ2) is 6.76. The zero-order valence-corrected chi connectivity index (χ0v) is 13.5. The van der Waals surface area contributed by atoms with E-state index in [1.807, 2.05) is 0 Å². The first-order valence-corrected chi connectivity index (χ1v) is 8.99. The molecule has 3 aliphatic heterocycles. The van der Waals surface area contributed by atoms with Gasteiger partial charge in [0, 0.05) is 24.7 Å². The molecule has 4 atom stereocenters. The lowest BCUT2D eigenvalue weighted by Crippen LogP contribution is -2.51. The predicted molar refractivity (Wildman–Crippen MR) is 85.1 cm³/mol. The Balaban J connectivity index is 1.60. The summed E-state index contributed by atoms with van der Waals surface area (Å²) in [5.74, 6) is 0.808. The van der Waals surface area contributed by atoms with Gasteiger partial charge in [0.1, 0.15) is 0 Å². The minimum atomic E-state index is 0.712. The number of hydrogen-bond acceptors (Lipinski definition) is 3. The van der Waals surface area contributed by atoms with Gasteiger partial charge in [-0.2, -0.15) is 0 Å². The van der Waals surface area contributed by atoms with Crippen LogP contribution in [0, 0.1) is 5.92 Å². The van der Waals surface area contributed by atoms with E-state index in [1.165, 1.54) is 71.2 Å². The lowest BCUT2D eigenvalue weighted by molar-refractivity contribution is 0.0821. The summed E-state index contributed by atoms with van der Waals surface area (Å²) in [6, 6.07) is 2.48. The fourth-order valence-electron chi connectivity index (χ4n) is 4.51. The van der Waals surface area contributed by atoms with Crippen LogP contribution in [0.15, 0.2) is 0 Å². The van der Waals surface area contributed by atoms with Crippen LogP contribution in [-0.4, -0.2) is 60.6 Å². The Morgan fingerprint density at radius 3 is 2.70 bits per heavy atom. The van der Waals surface area contributed by atoms with Crippen molar-refractivity contribution in [1.82, 2.24) is 15.1 Å². The molecule has 3 aliphatic rings. The second-order valence-electron chi connectivity index (χ2n) is 7.30. The Kier molecular flexibility index (Phi) is 5.00. The van der Waals surface area contributed by atoms with Crippen molar-refractivity contribution in [2.45, 2.75) is 70.5 Å². The third-order valence-electron chi connectivity index (χ3n) is 6.10. The standard InChI is InChI=1S/C17H33N3/c1-3-14(2)17-13-20(10-5-8-18-17)16-7-11-19-9-4-6-15(19)12-16/h14-18H,3-13H2,1-2H3. The van der Waals surface area contributed by atoms with E-state index in [-0.39, 0.29) is 0 Å². The van der Waals surface area contributed by atoms with E-state index in [9.17, 15) is 0 Å². The first-order chi connectivity index (χ1) is 9.78. The summed E-state index contributed by atoms with van der Waals surface area (Å²) in [7, 11) is 0. The summed E-state index contributed by atoms with van der Waals surface area (Å²) >= 11 is 0. The molecule has 0 aromatic carbocycles. The Morgan fingerprint density at radius 1 is 1.05 bits per heavy atom. The first kappa shape index (κ1) is 14.8. The van der Waals surface area contributed by atoms with Crippen LogP contribution in [0.4, 0.5) is 0 Å². The van der Waals surface area contributed by atoms with E-state index < -0.39 is 0 Å². The van der Waals surface area contributed by atoms with E-state index in [0.29, 0.717) is 6.04 Å². The average Bonchev–Trinajstić information content (AvgIpc) is 2.81. The van der Waals surface area contributed by atoms with Crippen molar-refractivity contribution in [2.75, 3.05) is 32.7 Å². The molecule has 116 valence electrons.